The van der Waals surface area contributed by atoms with Crippen molar-refractivity contribution in [2.24, 2.45) is 0 Å². The van der Waals surface area contributed by atoms with Gasteiger partial charge in [0.25, 0.3) is 0 Å². The van der Waals surface area contributed by atoms with E-state index >= 15 is 0 Å². The summed E-state index contributed by atoms with van der Waals surface area (Å²) in [5, 5.41) is 5.77. The lowest BCUT2D eigenvalue weighted by Crippen LogP contribution is -2.28. The van der Waals surface area contributed by atoms with Crippen molar-refractivity contribution in [3.63, 3.8) is 0 Å². The van der Waals surface area contributed by atoms with Crippen molar-refractivity contribution >= 4 is 22.8 Å². The third-order valence-corrected chi connectivity index (χ3v) is 5.58. The average Bonchev–Trinajstić information content (AvgIpc) is 3.43. The summed E-state index contributed by atoms with van der Waals surface area (Å²) in [6.07, 6.45) is 6.98. The molecule has 1 amide bonds. The van der Waals surface area contributed by atoms with Gasteiger partial charge < -0.3 is 9.73 Å². The third kappa shape index (κ3) is 3.36. The van der Waals surface area contributed by atoms with E-state index in [1.807, 2.05) is 24.3 Å². The van der Waals surface area contributed by atoms with Crippen LogP contribution in [0.2, 0.25) is 0 Å². The maximum atomic E-state index is 12.7. The van der Waals surface area contributed by atoms with Crippen LogP contribution in [0.25, 0.3) is 16.8 Å². The van der Waals surface area contributed by atoms with Crippen molar-refractivity contribution in [2.45, 2.75) is 18.9 Å². The van der Waals surface area contributed by atoms with E-state index in [1.54, 1.807) is 18.4 Å². The average molecular weight is 379 g/mol. The zero-order valence-electron chi connectivity index (χ0n) is 16.0. The highest BCUT2D eigenvalue weighted by Crippen LogP contribution is 2.36. The summed E-state index contributed by atoms with van der Waals surface area (Å²) < 4.78 is 5.28. The SMILES string of the molecule is O=C(/C=C/c1ccco1)N[C@@H](c1ccccc1)c1ccc2c3c(cccc13)CC2. The van der Waals surface area contributed by atoms with Gasteiger partial charge in [-0.1, -0.05) is 60.7 Å². The van der Waals surface area contributed by atoms with Gasteiger partial charge in [-0.05, 0) is 64.1 Å². The molecule has 1 aromatic heterocycles. The zero-order valence-corrected chi connectivity index (χ0v) is 16.0. The molecule has 0 unspecified atom stereocenters. The zero-order chi connectivity index (χ0) is 19.6. The van der Waals surface area contributed by atoms with Gasteiger partial charge in [0.15, 0.2) is 0 Å². The molecule has 0 spiro atoms. The van der Waals surface area contributed by atoms with Gasteiger partial charge >= 0.3 is 0 Å². The van der Waals surface area contributed by atoms with E-state index in [0.717, 1.165) is 24.0 Å². The fourth-order valence-corrected chi connectivity index (χ4v) is 4.24. The Hall–Kier alpha value is -3.59. The first kappa shape index (κ1) is 17.5. The number of amides is 1. The van der Waals surface area contributed by atoms with Crippen LogP contribution in [-0.4, -0.2) is 5.91 Å². The highest BCUT2D eigenvalue weighted by molar-refractivity contribution is 5.95. The highest BCUT2D eigenvalue weighted by atomic mass is 16.3. The number of hydrogen-bond donors (Lipinski definition) is 1. The van der Waals surface area contributed by atoms with Gasteiger partial charge in [0.2, 0.25) is 5.91 Å². The molecule has 1 aliphatic rings. The maximum absolute atomic E-state index is 12.7. The fraction of sp³-hybridized carbons (Fsp3) is 0.115. The number of hydrogen-bond acceptors (Lipinski definition) is 2. The summed E-state index contributed by atoms with van der Waals surface area (Å²) in [4.78, 5) is 12.7. The molecule has 0 aliphatic heterocycles. The number of aryl methyl sites for hydroxylation is 2. The predicted molar refractivity (Wildman–Crippen MR) is 116 cm³/mol. The molecule has 4 aromatic rings. The smallest absolute Gasteiger partial charge is 0.244 e. The summed E-state index contributed by atoms with van der Waals surface area (Å²) in [5.41, 5.74) is 4.98. The van der Waals surface area contributed by atoms with Crippen LogP contribution in [0, 0.1) is 0 Å². The highest BCUT2D eigenvalue weighted by Gasteiger charge is 2.22. The van der Waals surface area contributed by atoms with Gasteiger partial charge in [-0.25, -0.2) is 0 Å². The number of carbonyl (C=O) groups is 1. The Morgan fingerprint density at radius 2 is 1.72 bits per heavy atom. The Kier molecular flexibility index (Phi) is 4.49. The van der Waals surface area contributed by atoms with Crippen LogP contribution >= 0.6 is 0 Å². The Morgan fingerprint density at radius 1 is 0.897 bits per heavy atom. The molecular formula is C26H21NO2. The van der Waals surface area contributed by atoms with Crippen LogP contribution in [-0.2, 0) is 17.6 Å². The lowest BCUT2D eigenvalue weighted by atomic mass is 9.91. The van der Waals surface area contributed by atoms with Crippen molar-refractivity contribution in [3.8, 4) is 0 Å². The minimum Gasteiger partial charge on any atom is -0.465 e. The van der Waals surface area contributed by atoms with Crippen molar-refractivity contribution < 1.29 is 9.21 Å². The molecule has 0 radical (unpaired) electrons. The molecule has 5 rings (SSSR count). The number of benzene rings is 3. The third-order valence-electron chi connectivity index (χ3n) is 5.58. The molecule has 29 heavy (non-hydrogen) atoms. The fourth-order valence-electron chi connectivity index (χ4n) is 4.24. The number of rotatable bonds is 5. The molecule has 0 saturated carbocycles. The molecular weight excluding hydrogens is 358 g/mol. The molecule has 3 nitrogen and oxygen atoms in total. The molecule has 0 bridgehead atoms. The topological polar surface area (TPSA) is 42.2 Å². The van der Waals surface area contributed by atoms with E-state index in [2.05, 4.69) is 47.8 Å². The first-order valence-electron chi connectivity index (χ1n) is 9.90. The molecule has 1 atom stereocenters. The molecule has 142 valence electrons. The molecule has 3 aromatic carbocycles. The van der Waals surface area contributed by atoms with Gasteiger partial charge in [0.05, 0.1) is 12.3 Å². The van der Waals surface area contributed by atoms with Gasteiger partial charge in [-0.15, -0.1) is 0 Å². The maximum Gasteiger partial charge on any atom is 0.244 e. The van der Waals surface area contributed by atoms with Crippen LogP contribution in [0.3, 0.4) is 0 Å². The van der Waals surface area contributed by atoms with Gasteiger partial charge in [0.1, 0.15) is 5.76 Å². The van der Waals surface area contributed by atoms with Gasteiger partial charge in [-0.3, -0.25) is 4.79 Å². The van der Waals surface area contributed by atoms with Crippen LogP contribution in [0.4, 0.5) is 0 Å². The van der Waals surface area contributed by atoms with E-state index in [1.165, 1.54) is 28.0 Å². The van der Waals surface area contributed by atoms with Crippen LogP contribution in [0.1, 0.15) is 34.1 Å². The molecule has 3 heteroatoms. The van der Waals surface area contributed by atoms with E-state index in [4.69, 9.17) is 4.42 Å². The second kappa shape index (κ2) is 7.44. The lowest BCUT2D eigenvalue weighted by Gasteiger charge is -2.21. The molecule has 1 N–H and O–H groups in total. The summed E-state index contributed by atoms with van der Waals surface area (Å²) in [5.74, 6) is 0.500. The Morgan fingerprint density at radius 3 is 2.52 bits per heavy atom. The summed E-state index contributed by atoms with van der Waals surface area (Å²) in [6, 6.07) is 24.4. The van der Waals surface area contributed by atoms with Gasteiger partial charge in [-0.2, -0.15) is 0 Å². The Bertz CT molecular complexity index is 1180. The summed E-state index contributed by atoms with van der Waals surface area (Å²) in [6.45, 7) is 0. The number of carbonyl (C=O) groups excluding carboxylic acids is 1. The second-order valence-corrected chi connectivity index (χ2v) is 7.35. The van der Waals surface area contributed by atoms with Crippen molar-refractivity contribution in [3.05, 3.63) is 113 Å². The normalized spacial score (nSPS) is 13.8. The van der Waals surface area contributed by atoms with Crippen molar-refractivity contribution in [1.29, 1.82) is 0 Å². The molecule has 1 aliphatic carbocycles. The first-order valence-corrected chi connectivity index (χ1v) is 9.90. The predicted octanol–water partition coefficient (Wildman–Crippen LogP) is 5.45. The van der Waals surface area contributed by atoms with E-state index < -0.39 is 0 Å². The molecule has 1 heterocycles. The minimum absolute atomic E-state index is 0.154. The summed E-state index contributed by atoms with van der Waals surface area (Å²) in [7, 11) is 0. The van der Waals surface area contributed by atoms with Crippen molar-refractivity contribution in [2.75, 3.05) is 0 Å². The first-order chi connectivity index (χ1) is 14.3. The standard InChI is InChI=1S/C26H21NO2/c28-24(16-14-21-9-5-17-29-21)27-26(20-6-2-1-3-7-20)23-15-13-19-12-11-18-8-4-10-22(23)25(18)19/h1-10,13-17,26H,11-12H2,(H,27,28)/b16-14+/t26-/m0/s1. The van der Waals surface area contributed by atoms with Gasteiger partial charge in [0, 0.05) is 6.08 Å². The number of nitrogens with one attached hydrogen (secondary N) is 1. The largest absolute Gasteiger partial charge is 0.465 e. The van der Waals surface area contributed by atoms with E-state index in [9.17, 15) is 4.79 Å². The number of furan rings is 1. The Balaban J connectivity index is 1.56. The quantitative estimate of drug-likeness (QED) is 0.469. The van der Waals surface area contributed by atoms with E-state index in [0.29, 0.717) is 5.76 Å². The molecule has 0 saturated heterocycles. The summed E-state index contributed by atoms with van der Waals surface area (Å²) >= 11 is 0. The van der Waals surface area contributed by atoms with Crippen LogP contribution in [0.5, 0.6) is 0 Å². The lowest BCUT2D eigenvalue weighted by molar-refractivity contribution is -0.116. The molecule has 0 fully saturated rings. The second-order valence-electron chi connectivity index (χ2n) is 7.35. The van der Waals surface area contributed by atoms with E-state index in [-0.39, 0.29) is 11.9 Å². The van der Waals surface area contributed by atoms with Crippen LogP contribution in [0.15, 0.2) is 89.6 Å². The monoisotopic (exact) mass is 379 g/mol. The van der Waals surface area contributed by atoms with Crippen molar-refractivity contribution in [1.82, 2.24) is 5.32 Å². The minimum atomic E-state index is -0.227. The Labute approximate surface area is 169 Å². The van der Waals surface area contributed by atoms with Crippen LogP contribution < -0.4 is 5.32 Å².